The van der Waals surface area contributed by atoms with E-state index in [9.17, 15) is 0 Å². The van der Waals surface area contributed by atoms with E-state index in [0.29, 0.717) is 0 Å². The molecule has 1 radical (unpaired) electrons. The Kier molecular flexibility index (Phi) is 4.33. The van der Waals surface area contributed by atoms with E-state index in [0.717, 1.165) is 0 Å². The Balaban J connectivity index is 2.13. The van der Waals surface area contributed by atoms with Gasteiger partial charge < -0.3 is 0 Å². The molecule has 1 aliphatic carbocycles. The second kappa shape index (κ2) is 5.52. The van der Waals surface area contributed by atoms with E-state index in [4.69, 9.17) is 0 Å². The van der Waals surface area contributed by atoms with Crippen molar-refractivity contribution in [3.63, 3.8) is 0 Å². The van der Waals surface area contributed by atoms with Gasteiger partial charge in [0.1, 0.15) is 0 Å². The van der Waals surface area contributed by atoms with Crippen LogP contribution in [0.25, 0.3) is 0 Å². The molecule has 0 saturated carbocycles. The zero-order chi connectivity index (χ0) is 7.07. The van der Waals surface area contributed by atoms with Crippen LogP contribution in [0, 0.1) is 6.42 Å². The summed E-state index contributed by atoms with van der Waals surface area (Å²) < 4.78 is 0. The lowest BCUT2D eigenvalue weighted by Gasteiger charge is -2.01. The highest BCUT2D eigenvalue weighted by Gasteiger charge is 1.91. The van der Waals surface area contributed by atoms with E-state index in [-0.39, 0.29) is 0 Å². The Morgan fingerprint density at radius 1 is 0.600 bits per heavy atom. The molecule has 0 saturated heterocycles. The van der Waals surface area contributed by atoms with Crippen LogP contribution in [0.1, 0.15) is 44.9 Å². The minimum atomic E-state index is 1.29. The normalized spacial score (nSPS) is 25.6. The smallest absolute Gasteiger partial charge is 0.0351 e. The zero-order valence-electron chi connectivity index (χ0n) is 6.68. The lowest BCUT2D eigenvalue weighted by molar-refractivity contribution is 0.685. The van der Waals surface area contributed by atoms with Crippen molar-refractivity contribution in [3.05, 3.63) is 18.6 Å². The van der Waals surface area contributed by atoms with Gasteiger partial charge in [-0.2, -0.15) is 0 Å². The topological polar surface area (TPSA) is 0 Å². The van der Waals surface area contributed by atoms with E-state index in [1.807, 2.05) is 0 Å². The lowest BCUT2D eigenvalue weighted by atomic mass is 10.1. The molecule has 0 unspecified atom stereocenters. The fraction of sp³-hybridized carbons (Fsp3) is 0.700. The largest absolute Gasteiger partial charge is 0.0885 e. The first-order chi connectivity index (χ1) is 5.00. The molecule has 10 heavy (non-hydrogen) atoms. The summed E-state index contributed by atoms with van der Waals surface area (Å²) in [5.41, 5.74) is 0. The first-order valence-corrected chi connectivity index (χ1v) is 4.47. The van der Waals surface area contributed by atoms with Crippen molar-refractivity contribution in [2.45, 2.75) is 44.9 Å². The summed E-state index contributed by atoms with van der Waals surface area (Å²) in [6.07, 6.45) is 16.5. The third-order valence-electron chi connectivity index (χ3n) is 1.97. The maximum atomic E-state index is 2.44. The van der Waals surface area contributed by atoms with Crippen LogP contribution >= 0.6 is 0 Å². The number of hydrogen-bond acceptors (Lipinski definition) is 0. The van der Waals surface area contributed by atoms with Gasteiger partial charge in [-0.25, -0.2) is 0 Å². The van der Waals surface area contributed by atoms with Gasteiger partial charge in [-0.15, -0.1) is 0 Å². The molecule has 0 N–H and O–H groups in total. The average molecular weight is 137 g/mol. The highest BCUT2D eigenvalue weighted by molar-refractivity contribution is 4.83. The van der Waals surface area contributed by atoms with Gasteiger partial charge in [0, 0.05) is 0 Å². The van der Waals surface area contributed by atoms with Crippen LogP contribution in [0.3, 0.4) is 0 Å². The summed E-state index contributed by atoms with van der Waals surface area (Å²) in [7, 11) is 0. The van der Waals surface area contributed by atoms with Crippen molar-refractivity contribution in [1.29, 1.82) is 0 Å². The Labute approximate surface area is 64.3 Å². The summed E-state index contributed by atoms with van der Waals surface area (Å²) in [6, 6.07) is 0. The van der Waals surface area contributed by atoms with Crippen LogP contribution in [-0.2, 0) is 0 Å². The van der Waals surface area contributed by atoms with Crippen molar-refractivity contribution in [3.8, 4) is 0 Å². The predicted molar refractivity (Wildman–Crippen MR) is 45.8 cm³/mol. The van der Waals surface area contributed by atoms with Gasteiger partial charge in [-0.3, -0.25) is 0 Å². The Hall–Kier alpha value is -0.260. The van der Waals surface area contributed by atoms with E-state index >= 15 is 0 Å². The minimum absolute atomic E-state index is 1.29. The molecule has 0 atom stereocenters. The maximum Gasteiger partial charge on any atom is -0.0351 e. The number of allylic oxidation sites excluding steroid dienone is 2. The Bertz CT molecular complexity index is 80.2. The van der Waals surface area contributed by atoms with Crippen molar-refractivity contribution in [2.24, 2.45) is 0 Å². The summed E-state index contributed by atoms with van der Waals surface area (Å²) in [6.45, 7) is 0. The highest BCUT2D eigenvalue weighted by atomic mass is 14.0. The van der Waals surface area contributed by atoms with Crippen LogP contribution in [0.2, 0.25) is 0 Å². The zero-order valence-corrected chi connectivity index (χ0v) is 6.68. The standard InChI is InChI=1S/C10H17/c1-2-4-6-8-10-9-7-5-3-1/h1-2,9H,3-8,10H2/b2-1-. The van der Waals surface area contributed by atoms with Crippen LogP contribution in [0.15, 0.2) is 12.2 Å². The van der Waals surface area contributed by atoms with Gasteiger partial charge in [0.2, 0.25) is 0 Å². The molecule has 0 spiro atoms. The third-order valence-corrected chi connectivity index (χ3v) is 1.97. The quantitative estimate of drug-likeness (QED) is 0.448. The fourth-order valence-electron chi connectivity index (χ4n) is 1.31. The van der Waals surface area contributed by atoms with Crippen molar-refractivity contribution >= 4 is 0 Å². The maximum absolute atomic E-state index is 2.44. The molecule has 0 nitrogen and oxygen atoms in total. The Morgan fingerprint density at radius 2 is 1.20 bits per heavy atom. The van der Waals surface area contributed by atoms with Gasteiger partial charge in [-0.1, -0.05) is 25.0 Å². The van der Waals surface area contributed by atoms with Gasteiger partial charge in [-0.05, 0) is 38.5 Å². The third kappa shape index (κ3) is 3.71. The van der Waals surface area contributed by atoms with Crippen LogP contribution < -0.4 is 0 Å². The predicted octanol–water partition coefficient (Wildman–Crippen LogP) is 3.49. The minimum Gasteiger partial charge on any atom is -0.0885 e. The SMILES string of the molecule is [CH]1CCC/C=C\CCCC1. The van der Waals surface area contributed by atoms with Crippen molar-refractivity contribution in [1.82, 2.24) is 0 Å². The van der Waals surface area contributed by atoms with E-state index < -0.39 is 0 Å². The molecule has 0 aromatic rings. The first kappa shape index (κ1) is 7.84. The fourth-order valence-corrected chi connectivity index (χ4v) is 1.31. The van der Waals surface area contributed by atoms with Crippen LogP contribution in [0.4, 0.5) is 0 Å². The molecule has 0 aliphatic heterocycles. The van der Waals surface area contributed by atoms with Crippen molar-refractivity contribution in [2.75, 3.05) is 0 Å². The van der Waals surface area contributed by atoms with Crippen molar-refractivity contribution < 1.29 is 0 Å². The van der Waals surface area contributed by atoms with E-state index in [1.54, 1.807) is 0 Å². The molecular weight excluding hydrogens is 120 g/mol. The molecule has 0 amide bonds. The van der Waals surface area contributed by atoms with Gasteiger partial charge >= 0.3 is 0 Å². The summed E-state index contributed by atoms with van der Waals surface area (Å²) in [5, 5.41) is 0. The van der Waals surface area contributed by atoms with Crippen LogP contribution in [-0.4, -0.2) is 0 Å². The average Bonchev–Trinajstić information content (AvgIpc) is 2.01. The second-order valence-corrected chi connectivity index (χ2v) is 2.98. The lowest BCUT2D eigenvalue weighted by Crippen LogP contribution is -1.82. The molecule has 0 heterocycles. The highest BCUT2D eigenvalue weighted by Crippen LogP contribution is 2.10. The summed E-state index contributed by atoms with van der Waals surface area (Å²) in [4.78, 5) is 0. The number of rotatable bonds is 0. The molecular formula is C10H17. The van der Waals surface area contributed by atoms with Gasteiger partial charge in [0.15, 0.2) is 0 Å². The molecule has 0 aromatic heterocycles. The molecule has 1 aliphatic rings. The van der Waals surface area contributed by atoms with E-state index in [1.165, 1.54) is 44.9 Å². The van der Waals surface area contributed by atoms with Crippen LogP contribution in [0.5, 0.6) is 0 Å². The molecule has 1 rings (SSSR count). The Morgan fingerprint density at radius 3 is 2.10 bits per heavy atom. The molecule has 0 heteroatoms. The summed E-state index contributed by atoms with van der Waals surface area (Å²) in [5.74, 6) is 0. The van der Waals surface area contributed by atoms with Gasteiger partial charge in [0.05, 0.1) is 0 Å². The molecule has 57 valence electrons. The van der Waals surface area contributed by atoms with Gasteiger partial charge in [0.25, 0.3) is 0 Å². The molecule has 0 bridgehead atoms. The second-order valence-electron chi connectivity index (χ2n) is 2.98. The molecule has 0 fully saturated rings. The monoisotopic (exact) mass is 137 g/mol. The number of hydrogen-bond donors (Lipinski definition) is 0. The molecule has 0 aromatic carbocycles. The summed E-state index contributed by atoms with van der Waals surface area (Å²) >= 11 is 0. The first-order valence-electron chi connectivity index (χ1n) is 4.47. The van der Waals surface area contributed by atoms with E-state index in [2.05, 4.69) is 18.6 Å².